The van der Waals surface area contributed by atoms with E-state index in [1.54, 1.807) is 0 Å². The smallest absolute Gasteiger partial charge is 0.362 e. The Kier molecular flexibility index (Phi) is 44.0. The zero-order valence-electron chi connectivity index (χ0n) is 42.0. The van der Waals surface area contributed by atoms with Gasteiger partial charge < -0.3 is 23.8 Å². The first-order valence-corrected chi connectivity index (χ1v) is 26.0. The number of allylic oxidation sites excluding steroid dienone is 12. The van der Waals surface area contributed by atoms with E-state index in [0.717, 1.165) is 83.5 Å². The van der Waals surface area contributed by atoms with Gasteiger partial charge in [0.25, 0.3) is 0 Å². The minimum atomic E-state index is -0.877. The van der Waals surface area contributed by atoms with Crippen molar-refractivity contribution < 1.29 is 38.2 Å². The molecule has 0 heterocycles. The fourth-order valence-corrected chi connectivity index (χ4v) is 7.42. The highest BCUT2D eigenvalue weighted by Gasteiger charge is 2.31. The van der Waals surface area contributed by atoms with Crippen molar-refractivity contribution in [3.63, 3.8) is 0 Å². The molecule has 0 aromatic rings. The van der Waals surface area contributed by atoms with Crippen LogP contribution in [0.2, 0.25) is 0 Å². The second-order valence-corrected chi connectivity index (χ2v) is 18.4. The Balaban J connectivity index is 4.23. The second kappa shape index (κ2) is 46.3. The normalized spacial score (nSPS) is 13.5. The van der Waals surface area contributed by atoms with Gasteiger partial charge in [0.2, 0.25) is 0 Å². The highest BCUT2D eigenvalue weighted by molar-refractivity contribution is 5.72. The van der Waals surface area contributed by atoms with Crippen LogP contribution in [0.4, 0.5) is 0 Å². The average Bonchev–Trinajstić information content (AvgIpc) is 3.26. The Hall–Kier alpha value is -3.23. The number of quaternary nitrogens is 1. The average molecular weight is 897 g/mol. The molecular formula is C56H98NO7+. The summed E-state index contributed by atoms with van der Waals surface area (Å²) in [6.45, 7) is 4.52. The molecule has 0 aliphatic rings. The lowest BCUT2D eigenvalue weighted by Crippen LogP contribution is -2.50. The van der Waals surface area contributed by atoms with Crippen molar-refractivity contribution in [2.45, 2.75) is 225 Å². The van der Waals surface area contributed by atoms with Gasteiger partial charge in [-0.3, -0.25) is 9.59 Å². The van der Waals surface area contributed by atoms with Gasteiger partial charge in [-0.25, -0.2) is 4.79 Å². The summed E-state index contributed by atoms with van der Waals surface area (Å²) in [5.41, 5.74) is 0. The third-order valence-electron chi connectivity index (χ3n) is 11.4. The van der Waals surface area contributed by atoms with Crippen LogP contribution in [0.1, 0.15) is 213 Å². The molecule has 368 valence electrons. The summed E-state index contributed by atoms with van der Waals surface area (Å²) in [4.78, 5) is 37.2. The number of carboxylic acids is 1. The Bertz CT molecular complexity index is 1270. The number of aliphatic carboxylic acids is 1. The number of hydrogen-bond donors (Lipinski definition) is 1. The maximum Gasteiger partial charge on any atom is 0.362 e. The number of likely N-dealkylation sites (N-methyl/N-ethyl adjacent to an activating group) is 1. The summed E-state index contributed by atoms with van der Waals surface area (Å²) in [7, 11) is 5.53. The molecule has 64 heavy (non-hydrogen) atoms. The van der Waals surface area contributed by atoms with Crippen molar-refractivity contribution in [2.75, 3.05) is 41.0 Å². The first kappa shape index (κ1) is 60.8. The van der Waals surface area contributed by atoms with E-state index in [2.05, 4.69) is 86.8 Å². The number of ether oxygens (including phenoxy) is 3. The van der Waals surface area contributed by atoms with E-state index in [-0.39, 0.29) is 36.2 Å². The van der Waals surface area contributed by atoms with Crippen molar-refractivity contribution in [3.05, 3.63) is 72.9 Å². The maximum absolute atomic E-state index is 12.8. The predicted octanol–water partition coefficient (Wildman–Crippen LogP) is 15.1. The first-order chi connectivity index (χ1) is 31.1. The lowest BCUT2D eigenvalue weighted by atomic mass is 10.0. The van der Waals surface area contributed by atoms with E-state index in [1.165, 1.54) is 96.3 Å². The van der Waals surface area contributed by atoms with E-state index in [4.69, 9.17) is 14.2 Å². The van der Waals surface area contributed by atoms with Crippen molar-refractivity contribution in [1.82, 2.24) is 0 Å². The highest BCUT2D eigenvalue weighted by Crippen LogP contribution is 2.15. The Labute approximate surface area is 393 Å². The zero-order chi connectivity index (χ0) is 47.0. The third-order valence-corrected chi connectivity index (χ3v) is 11.4. The minimum Gasteiger partial charge on any atom is -0.477 e. The molecule has 2 unspecified atom stereocenters. The summed E-state index contributed by atoms with van der Waals surface area (Å²) in [6.07, 6.45) is 59.5. The number of carbonyl (C=O) groups excluding carboxylic acids is 2. The highest BCUT2D eigenvalue weighted by atomic mass is 16.6. The third kappa shape index (κ3) is 44.0. The van der Waals surface area contributed by atoms with Crippen molar-refractivity contribution >= 4 is 17.9 Å². The lowest BCUT2D eigenvalue weighted by Gasteiger charge is -2.31. The van der Waals surface area contributed by atoms with E-state index < -0.39 is 18.1 Å². The SMILES string of the molecule is CC/C=C/C/C=C/C/C=C/CCCCCCCCCCCCCC(=O)OCC(COCCC(C(=O)O)[N+](C)(C)C)OC(=O)CCCCCCCCCCC/C=C/C/C=C/C/C=C/CC. The van der Waals surface area contributed by atoms with Crippen LogP contribution >= 0.6 is 0 Å². The minimum absolute atomic E-state index is 0.0560. The topological polar surface area (TPSA) is 99.1 Å². The standard InChI is InChI=1S/C56H97NO7/c1-6-8-10-12-14-16-18-20-22-24-26-27-29-30-32-34-36-38-40-42-44-46-54(58)63-51-52(50-62-49-48-53(56(60)61)57(3,4)5)64-55(59)47-45-43-41-39-37-35-33-31-28-25-23-21-19-17-15-13-11-9-7-2/h8-11,14-17,20-23,52-53H,6-7,12-13,18-19,24-51H2,1-5H3/p+1/b10-8+,11-9+,16-14+,17-15+,22-20+,23-21+. The van der Waals surface area contributed by atoms with Crippen LogP contribution in [0.5, 0.6) is 0 Å². The molecule has 0 aliphatic heterocycles. The molecule has 0 aromatic carbocycles. The summed E-state index contributed by atoms with van der Waals surface area (Å²) in [5.74, 6) is -1.48. The molecule has 0 aromatic heterocycles. The Morgan fingerprint density at radius 1 is 0.469 bits per heavy atom. The van der Waals surface area contributed by atoms with Gasteiger partial charge in [-0.15, -0.1) is 0 Å². The van der Waals surface area contributed by atoms with Crippen LogP contribution in [-0.2, 0) is 28.6 Å². The maximum atomic E-state index is 12.8. The van der Waals surface area contributed by atoms with Crippen LogP contribution in [0.3, 0.4) is 0 Å². The number of hydrogen-bond acceptors (Lipinski definition) is 6. The number of unbranched alkanes of at least 4 members (excludes halogenated alkanes) is 20. The molecule has 1 N–H and O–H groups in total. The summed E-state index contributed by atoms with van der Waals surface area (Å²) < 4.78 is 17.4. The molecule has 0 amide bonds. The fraction of sp³-hybridized carbons (Fsp3) is 0.732. The van der Waals surface area contributed by atoms with Crippen molar-refractivity contribution in [3.8, 4) is 0 Å². The predicted molar refractivity (Wildman–Crippen MR) is 270 cm³/mol. The fourth-order valence-electron chi connectivity index (χ4n) is 7.42. The largest absolute Gasteiger partial charge is 0.477 e. The van der Waals surface area contributed by atoms with Gasteiger partial charge in [-0.1, -0.05) is 189 Å². The molecule has 0 radical (unpaired) electrons. The number of rotatable bonds is 46. The number of carbonyl (C=O) groups is 3. The van der Waals surface area contributed by atoms with Crippen LogP contribution in [0, 0.1) is 0 Å². The van der Waals surface area contributed by atoms with Gasteiger partial charge in [0.15, 0.2) is 12.1 Å². The van der Waals surface area contributed by atoms with Gasteiger partial charge in [-0.05, 0) is 77.0 Å². The van der Waals surface area contributed by atoms with Crippen molar-refractivity contribution in [2.24, 2.45) is 0 Å². The van der Waals surface area contributed by atoms with Gasteiger partial charge in [0.1, 0.15) is 6.61 Å². The van der Waals surface area contributed by atoms with Crippen LogP contribution in [0.15, 0.2) is 72.9 Å². The monoisotopic (exact) mass is 897 g/mol. The Morgan fingerprint density at radius 3 is 1.22 bits per heavy atom. The van der Waals surface area contributed by atoms with E-state index >= 15 is 0 Å². The number of esters is 2. The molecule has 8 nitrogen and oxygen atoms in total. The second-order valence-electron chi connectivity index (χ2n) is 18.4. The molecule has 0 spiro atoms. The Morgan fingerprint density at radius 2 is 0.828 bits per heavy atom. The summed E-state index contributed by atoms with van der Waals surface area (Å²) in [5, 5.41) is 9.66. The van der Waals surface area contributed by atoms with Crippen LogP contribution in [-0.4, -0.2) is 80.6 Å². The quantitative estimate of drug-likeness (QED) is 0.0281. The molecule has 0 saturated heterocycles. The lowest BCUT2D eigenvalue weighted by molar-refractivity contribution is -0.887. The van der Waals surface area contributed by atoms with Gasteiger partial charge >= 0.3 is 17.9 Å². The van der Waals surface area contributed by atoms with Gasteiger partial charge in [-0.2, -0.15) is 0 Å². The molecule has 0 aliphatic carbocycles. The summed E-state index contributed by atoms with van der Waals surface area (Å²) in [6, 6.07) is -0.619. The molecule has 0 bridgehead atoms. The molecule has 2 atom stereocenters. The van der Waals surface area contributed by atoms with Gasteiger partial charge in [0, 0.05) is 19.3 Å². The molecule has 8 heteroatoms. The molecular weight excluding hydrogens is 799 g/mol. The number of nitrogens with zero attached hydrogens (tertiary/aromatic N) is 1. The number of carboxylic acid groups (broad SMARTS) is 1. The first-order valence-electron chi connectivity index (χ1n) is 26.0. The molecule has 0 rings (SSSR count). The van der Waals surface area contributed by atoms with Crippen LogP contribution in [0.25, 0.3) is 0 Å². The van der Waals surface area contributed by atoms with Crippen molar-refractivity contribution in [1.29, 1.82) is 0 Å². The van der Waals surface area contributed by atoms with Gasteiger partial charge in [0.05, 0.1) is 34.4 Å². The molecule has 0 fully saturated rings. The van der Waals surface area contributed by atoms with Crippen LogP contribution < -0.4 is 0 Å². The summed E-state index contributed by atoms with van der Waals surface area (Å²) >= 11 is 0. The zero-order valence-corrected chi connectivity index (χ0v) is 42.0. The molecule has 0 saturated carbocycles. The van der Waals surface area contributed by atoms with E-state index in [0.29, 0.717) is 19.3 Å². The van der Waals surface area contributed by atoms with E-state index in [1.807, 2.05) is 21.1 Å². The van der Waals surface area contributed by atoms with E-state index in [9.17, 15) is 19.5 Å².